The number of carbonyl (C=O) groups is 2. The molecule has 2 N–H and O–H groups in total. The molecule has 2 atom stereocenters. The van der Waals surface area contributed by atoms with E-state index in [9.17, 15) is 9.59 Å². The Morgan fingerprint density at radius 2 is 1.75 bits per heavy atom. The number of aliphatic carboxylic acids is 1. The van der Waals surface area contributed by atoms with E-state index in [1.807, 2.05) is 24.3 Å². The lowest BCUT2D eigenvalue weighted by Gasteiger charge is -2.17. The van der Waals surface area contributed by atoms with E-state index in [1.54, 1.807) is 0 Å². The molecule has 1 aliphatic heterocycles. The quantitative estimate of drug-likeness (QED) is 0.880. The second-order valence-electron chi connectivity index (χ2n) is 5.52. The van der Waals surface area contributed by atoms with Crippen LogP contribution in [0.15, 0.2) is 24.3 Å². The van der Waals surface area contributed by atoms with Gasteiger partial charge in [0, 0.05) is 24.5 Å². The van der Waals surface area contributed by atoms with Crippen molar-refractivity contribution in [3.05, 3.63) is 24.3 Å². The Balaban J connectivity index is 1.58. The van der Waals surface area contributed by atoms with Crippen molar-refractivity contribution in [2.75, 3.05) is 23.3 Å². The molecule has 1 amide bonds. The van der Waals surface area contributed by atoms with Crippen LogP contribution in [0.2, 0.25) is 0 Å². The largest absolute Gasteiger partial charge is 0.481 e. The number of carbonyl (C=O) groups excluding carboxylic acids is 1. The zero-order valence-corrected chi connectivity index (χ0v) is 11.2. The fourth-order valence-electron chi connectivity index (χ4n) is 2.72. The highest BCUT2D eigenvalue weighted by molar-refractivity contribution is 5.98. The van der Waals surface area contributed by atoms with E-state index in [0.29, 0.717) is 6.42 Å². The molecule has 3 rings (SSSR count). The highest BCUT2D eigenvalue weighted by Crippen LogP contribution is 2.39. The van der Waals surface area contributed by atoms with Crippen LogP contribution in [0.5, 0.6) is 0 Å². The van der Waals surface area contributed by atoms with Gasteiger partial charge in [-0.3, -0.25) is 9.59 Å². The van der Waals surface area contributed by atoms with Crippen LogP contribution in [0.3, 0.4) is 0 Å². The molecule has 5 heteroatoms. The van der Waals surface area contributed by atoms with Crippen LogP contribution < -0.4 is 10.2 Å². The summed E-state index contributed by atoms with van der Waals surface area (Å²) in [6, 6.07) is 7.76. The van der Waals surface area contributed by atoms with Crippen molar-refractivity contribution < 1.29 is 14.7 Å². The number of carboxylic acid groups (broad SMARTS) is 1. The summed E-state index contributed by atoms with van der Waals surface area (Å²) in [6.07, 6.45) is 2.92. The molecule has 1 aliphatic carbocycles. The van der Waals surface area contributed by atoms with Crippen LogP contribution in [0.4, 0.5) is 11.4 Å². The van der Waals surface area contributed by atoms with Gasteiger partial charge in [-0.25, -0.2) is 0 Å². The molecule has 2 aliphatic rings. The molecule has 1 saturated heterocycles. The van der Waals surface area contributed by atoms with Crippen molar-refractivity contribution in [1.82, 2.24) is 0 Å². The summed E-state index contributed by atoms with van der Waals surface area (Å²) in [5, 5.41) is 11.6. The monoisotopic (exact) mass is 274 g/mol. The van der Waals surface area contributed by atoms with E-state index in [4.69, 9.17) is 5.11 Å². The molecule has 1 saturated carbocycles. The average molecular weight is 274 g/mol. The zero-order chi connectivity index (χ0) is 14.1. The number of amides is 1. The van der Waals surface area contributed by atoms with E-state index in [-0.39, 0.29) is 11.8 Å². The summed E-state index contributed by atoms with van der Waals surface area (Å²) in [6.45, 7) is 2.18. The zero-order valence-electron chi connectivity index (χ0n) is 11.2. The number of anilines is 2. The molecule has 106 valence electrons. The highest BCUT2D eigenvalue weighted by atomic mass is 16.4. The minimum absolute atomic E-state index is 0.189. The highest BCUT2D eigenvalue weighted by Gasteiger charge is 2.48. The Morgan fingerprint density at radius 1 is 1.10 bits per heavy atom. The van der Waals surface area contributed by atoms with Gasteiger partial charge in [-0.2, -0.15) is 0 Å². The minimum atomic E-state index is -0.880. The van der Waals surface area contributed by atoms with Gasteiger partial charge >= 0.3 is 5.97 Å². The van der Waals surface area contributed by atoms with Crippen LogP contribution in [-0.4, -0.2) is 30.1 Å². The van der Waals surface area contributed by atoms with Crippen LogP contribution in [0.1, 0.15) is 19.3 Å². The van der Waals surface area contributed by atoms with Crippen LogP contribution >= 0.6 is 0 Å². The fraction of sp³-hybridized carbons (Fsp3) is 0.467. The Morgan fingerprint density at radius 3 is 2.30 bits per heavy atom. The number of hydrogen-bond donors (Lipinski definition) is 2. The fourth-order valence-corrected chi connectivity index (χ4v) is 2.72. The Hall–Kier alpha value is -2.04. The molecule has 0 spiro atoms. The van der Waals surface area contributed by atoms with Crippen molar-refractivity contribution >= 4 is 23.3 Å². The van der Waals surface area contributed by atoms with Gasteiger partial charge in [-0.05, 0) is 43.5 Å². The molecule has 1 aromatic carbocycles. The van der Waals surface area contributed by atoms with Crippen molar-refractivity contribution in [1.29, 1.82) is 0 Å². The molecule has 1 heterocycles. The maximum Gasteiger partial charge on any atom is 0.307 e. The summed E-state index contributed by atoms with van der Waals surface area (Å²) < 4.78 is 0. The summed E-state index contributed by atoms with van der Waals surface area (Å²) in [5.74, 6) is -1.94. The summed E-state index contributed by atoms with van der Waals surface area (Å²) in [5.41, 5.74) is 1.91. The standard InChI is InChI=1S/C15H18N2O3/c18-14(12-9-13(12)15(19)20)16-10-3-5-11(6-4-10)17-7-1-2-8-17/h3-6,12-13H,1-2,7-9H2,(H,16,18)(H,19,20). The topological polar surface area (TPSA) is 69.6 Å². The van der Waals surface area contributed by atoms with Gasteiger partial charge < -0.3 is 15.3 Å². The third kappa shape index (κ3) is 2.61. The molecule has 2 unspecified atom stereocenters. The third-order valence-electron chi connectivity index (χ3n) is 4.05. The predicted octanol–water partition coefficient (Wildman–Crippen LogP) is 1.95. The van der Waals surface area contributed by atoms with Crippen LogP contribution in [0, 0.1) is 11.8 Å². The lowest BCUT2D eigenvalue weighted by Crippen LogP contribution is -2.18. The van der Waals surface area contributed by atoms with Crippen molar-refractivity contribution in [3.63, 3.8) is 0 Å². The van der Waals surface area contributed by atoms with Gasteiger partial charge in [-0.15, -0.1) is 0 Å². The van der Waals surface area contributed by atoms with Crippen LogP contribution in [0.25, 0.3) is 0 Å². The van der Waals surface area contributed by atoms with Gasteiger partial charge in [0.2, 0.25) is 5.91 Å². The van der Waals surface area contributed by atoms with Gasteiger partial charge in [0.15, 0.2) is 0 Å². The molecule has 2 fully saturated rings. The van der Waals surface area contributed by atoms with E-state index >= 15 is 0 Å². The summed E-state index contributed by atoms with van der Waals surface area (Å²) in [4.78, 5) is 24.9. The molecule has 5 nitrogen and oxygen atoms in total. The number of carboxylic acids is 1. The first-order valence-corrected chi connectivity index (χ1v) is 7.04. The number of nitrogens with one attached hydrogen (secondary N) is 1. The maximum atomic E-state index is 11.8. The van der Waals surface area contributed by atoms with Gasteiger partial charge in [0.1, 0.15) is 0 Å². The average Bonchev–Trinajstić information content (AvgIpc) is 3.07. The molecular weight excluding hydrogens is 256 g/mol. The maximum absolute atomic E-state index is 11.8. The molecule has 0 bridgehead atoms. The number of nitrogens with zero attached hydrogens (tertiary/aromatic N) is 1. The van der Waals surface area contributed by atoms with Crippen molar-refractivity contribution in [2.45, 2.75) is 19.3 Å². The number of hydrogen-bond acceptors (Lipinski definition) is 3. The van der Waals surface area contributed by atoms with E-state index < -0.39 is 11.9 Å². The minimum Gasteiger partial charge on any atom is -0.481 e. The van der Waals surface area contributed by atoms with E-state index in [0.717, 1.165) is 18.8 Å². The second-order valence-corrected chi connectivity index (χ2v) is 5.52. The number of rotatable bonds is 4. The second kappa shape index (κ2) is 5.15. The first kappa shape index (κ1) is 13.0. The molecule has 0 aromatic heterocycles. The van der Waals surface area contributed by atoms with Gasteiger partial charge in [-0.1, -0.05) is 0 Å². The Kier molecular flexibility index (Phi) is 3.34. The smallest absolute Gasteiger partial charge is 0.307 e. The Bertz CT molecular complexity index is 520. The first-order valence-electron chi connectivity index (χ1n) is 7.04. The molecule has 0 radical (unpaired) electrons. The van der Waals surface area contributed by atoms with Crippen LogP contribution in [-0.2, 0) is 9.59 Å². The number of benzene rings is 1. The van der Waals surface area contributed by atoms with Crippen molar-refractivity contribution in [2.24, 2.45) is 11.8 Å². The molecule has 1 aromatic rings. The third-order valence-corrected chi connectivity index (χ3v) is 4.05. The van der Waals surface area contributed by atoms with E-state index in [2.05, 4.69) is 10.2 Å². The van der Waals surface area contributed by atoms with Crippen molar-refractivity contribution in [3.8, 4) is 0 Å². The van der Waals surface area contributed by atoms with E-state index in [1.165, 1.54) is 18.5 Å². The predicted molar refractivity (Wildman–Crippen MR) is 75.8 cm³/mol. The normalized spacial score (nSPS) is 24.5. The molecule has 20 heavy (non-hydrogen) atoms. The van der Waals surface area contributed by atoms with Gasteiger partial charge in [0.25, 0.3) is 0 Å². The first-order chi connectivity index (χ1) is 9.65. The lowest BCUT2D eigenvalue weighted by atomic mass is 10.2. The SMILES string of the molecule is O=C(O)C1CC1C(=O)Nc1ccc(N2CCCC2)cc1. The summed E-state index contributed by atoms with van der Waals surface area (Å²) >= 11 is 0. The van der Waals surface area contributed by atoms with Gasteiger partial charge in [0.05, 0.1) is 11.8 Å². The summed E-state index contributed by atoms with van der Waals surface area (Å²) in [7, 11) is 0. The Labute approximate surface area is 117 Å². The molecular formula is C15H18N2O3. The lowest BCUT2D eigenvalue weighted by molar-refractivity contribution is -0.139.